The zero-order valence-electron chi connectivity index (χ0n) is 21.4. The SMILES string of the molecule is CC(C)(CNCCn1ccc2ncnc(Nc3ccc(Oc4cccc(C(F)(F)F)c4)c(Cl)c3)c21)S(C)(=O)=O. The molecule has 208 valence electrons. The van der Waals surface area contributed by atoms with Crippen LogP contribution >= 0.6 is 11.6 Å². The largest absolute Gasteiger partial charge is 0.456 e. The van der Waals surface area contributed by atoms with Crippen LogP contribution in [0.3, 0.4) is 0 Å². The highest BCUT2D eigenvalue weighted by molar-refractivity contribution is 7.92. The van der Waals surface area contributed by atoms with Crippen LogP contribution in [0.4, 0.5) is 24.7 Å². The van der Waals surface area contributed by atoms with Crippen LogP contribution in [0.1, 0.15) is 19.4 Å². The lowest BCUT2D eigenvalue weighted by Crippen LogP contribution is -2.42. The van der Waals surface area contributed by atoms with Crippen molar-refractivity contribution in [2.24, 2.45) is 0 Å². The Hall–Kier alpha value is -3.35. The quantitative estimate of drug-likeness (QED) is 0.220. The summed E-state index contributed by atoms with van der Waals surface area (Å²) < 4.78 is 69.5. The predicted molar refractivity (Wildman–Crippen MR) is 146 cm³/mol. The van der Waals surface area contributed by atoms with Gasteiger partial charge in [0, 0.05) is 37.8 Å². The molecule has 0 unspecified atom stereocenters. The maximum Gasteiger partial charge on any atom is 0.416 e. The van der Waals surface area contributed by atoms with Crippen molar-refractivity contribution in [1.82, 2.24) is 19.9 Å². The second-order valence-corrected chi connectivity index (χ2v) is 12.6. The Morgan fingerprint density at radius 3 is 2.54 bits per heavy atom. The second-order valence-electron chi connectivity index (χ2n) is 9.57. The van der Waals surface area contributed by atoms with Crippen molar-refractivity contribution in [3.8, 4) is 11.5 Å². The lowest BCUT2D eigenvalue weighted by Gasteiger charge is -2.23. The first-order valence-corrected chi connectivity index (χ1v) is 14.1. The van der Waals surface area contributed by atoms with E-state index in [1.807, 2.05) is 16.8 Å². The standard InChI is InChI=1S/C26H27ClF3N5O3S/c1-25(2,39(3,36)37)15-31-10-12-35-11-9-21-23(35)24(33-16-32-21)34-18-7-8-22(20(27)14-18)38-19-6-4-5-17(13-19)26(28,29)30/h4-9,11,13-14,16,31H,10,12,15H2,1-3H3,(H,32,33,34). The van der Waals surface area contributed by atoms with Crippen LogP contribution in [0.2, 0.25) is 5.02 Å². The molecular weight excluding hydrogens is 555 g/mol. The summed E-state index contributed by atoms with van der Waals surface area (Å²) >= 11 is 6.38. The third-order valence-electron chi connectivity index (χ3n) is 6.22. The van der Waals surface area contributed by atoms with Crippen LogP contribution in [0.5, 0.6) is 11.5 Å². The Morgan fingerprint density at radius 2 is 1.85 bits per heavy atom. The van der Waals surface area contributed by atoms with Crippen LogP contribution in [0.15, 0.2) is 61.1 Å². The number of benzene rings is 2. The van der Waals surface area contributed by atoms with E-state index < -0.39 is 26.3 Å². The minimum Gasteiger partial charge on any atom is -0.456 e. The Labute approximate surface area is 229 Å². The summed E-state index contributed by atoms with van der Waals surface area (Å²) in [4.78, 5) is 8.67. The fourth-order valence-electron chi connectivity index (χ4n) is 3.69. The Kier molecular flexibility index (Phi) is 8.10. The minimum absolute atomic E-state index is 0.0105. The first-order chi connectivity index (χ1) is 18.2. The summed E-state index contributed by atoms with van der Waals surface area (Å²) in [6.07, 6.45) is 0.0292. The molecule has 0 aliphatic rings. The molecule has 0 saturated heterocycles. The lowest BCUT2D eigenvalue weighted by atomic mass is 10.2. The normalized spacial score (nSPS) is 12.6. The number of hydrogen-bond donors (Lipinski definition) is 2. The van der Waals surface area contributed by atoms with E-state index in [1.54, 1.807) is 32.0 Å². The molecule has 4 rings (SSSR count). The van der Waals surface area contributed by atoms with E-state index >= 15 is 0 Å². The highest BCUT2D eigenvalue weighted by atomic mass is 35.5. The third-order valence-corrected chi connectivity index (χ3v) is 8.67. The molecule has 13 heteroatoms. The lowest BCUT2D eigenvalue weighted by molar-refractivity contribution is -0.137. The van der Waals surface area contributed by atoms with Gasteiger partial charge < -0.3 is 19.9 Å². The van der Waals surface area contributed by atoms with Gasteiger partial charge >= 0.3 is 6.18 Å². The summed E-state index contributed by atoms with van der Waals surface area (Å²) in [5.74, 6) is 0.723. The van der Waals surface area contributed by atoms with Gasteiger partial charge in [0.1, 0.15) is 23.3 Å². The molecule has 0 fully saturated rings. The average molecular weight is 582 g/mol. The molecule has 2 N–H and O–H groups in total. The maximum atomic E-state index is 13.0. The van der Waals surface area contributed by atoms with E-state index in [-0.39, 0.29) is 16.5 Å². The third kappa shape index (κ3) is 6.81. The summed E-state index contributed by atoms with van der Waals surface area (Å²) in [6.45, 7) is 4.72. The van der Waals surface area contributed by atoms with Crippen molar-refractivity contribution < 1.29 is 26.3 Å². The number of nitrogens with one attached hydrogen (secondary N) is 2. The van der Waals surface area contributed by atoms with Crippen LogP contribution in [-0.4, -0.2) is 47.0 Å². The van der Waals surface area contributed by atoms with Crippen LogP contribution in [-0.2, 0) is 22.6 Å². The number of fused-ring (bicyclic) bond motifs is 1. The van der Waals surface area contributed by atoms with Gasteiger partial charge in [-0.2, -0.15) is 13.2 Å². The zero-order chi connectivity index (χ0) is 28.4. The highest BCUT2D eigenvalue weighted by Crippen LogP contribution is 2.36. The molecule has 0 amide bonds. The smallest absolute Gasteiger partial charge is 0.416 e. The summed E-state index contributed by atoms with van der Waals surface area (Å²) in [6, 6.07) is 11.2. The molecule has 0 atom stereocenters. The first-order valence-electron chi connectivity index (χ1n) is 11.9. The van der Waals surface area contributed by atoms with Crippen LogP contribution in [0, 0.1) is 0 Å². The molecule has 2 aromatic heterocycles. The summed E-state index contributed by atoms with van der Waals surface area (Å²) in [7, 11) is -3.21. The Bertz CT molecular complexity index is 1590. The Balaban J connectivity index is 1.48. The molecular formula is C26H27ClF3N5O3S. The molecule has 0 bridgehead atoms. The van der Waals surface area contributed by atoms with E-state index in [0.29, 0.717) is 36.7 Å². The molecule has 4 aromatic rings. The van der Waals surface area contributed by atoms with Crippen molar-refractivity contribution in [1.29, 1.82) is 0 Å². The Morgan fingerprint density at radius 1 is 1.08 bits per heavy atom. The molecule has 0 aliphatic carbocycles. The van der Waals surface area contributed by atoms with Gasteiger partial charge in [0.05, 0.1) is 20.8 Å². The fourth-order valence-corrected chi connectivity index (χ4v) is 4.27. The van der Waals surface area contributed by atoms with Gasteiger partial charge in [-0.25, -0.2) is 18.4 Å². The maximum absolute atomic E-state index is 13.0. The zero-order valence-corrected chi connectivity index (χ0v) is 23.0. The van der Waals surface area contributed by atoms with Crippen molar-refractivity contribution >= 4 is 44.0 Å². The number of anilines is 2. The number of rotatable bonds is 10. The topological polar surface area (TPSA) is 98.1 Å². The number of ether oxygens (including phenoxy) is 1. The highest BCUT2D eigenvalue weighted by Gasteiger charge is 2.31. The second kappa shape index (κ2) is 11.0. The van der Waals surface area contributed by atoms with Crippen LogP contribution < -0.4 is 15.4 Å². The van der Waals surface area contributed by atoms with Gasteiger partial charge in [0.25, 0.3) is 0 Å². The van der Waals surface area contributed by atoms with Gasteiger partial charge in [-0.05, 0) is 56.3 Å². The molecule has 0 spiro atoms. The molecule has 2 aromatic carbocycles. The number of sulfone groups is 1. The van der Waals surface area contributed by atoms with E-state index in [1.165, 1.54) is 24.7 Å². The molecule has 0 aliphatic heterocycles. The molecule has 8 nitrogen and oxygen atoms in total. The van der Waals surface area contributed by atoms with Gasteiger partial charge in [0.2, 0.25) is 0 Å². The minimum atomic E-state index is -4.49. The molecule has 0 radical (unpaired) electrons. The molecule has 0 saturated carbocycles. The molecule has 2 heterocycles. The summed E-state index contributed by atoms with van der Waals surface area (Å²) in [5, 5.41) is 6.59. The van der Waals surface area contributed by atoms with E-state index in [9.17, 15) is 21.6 Å². The van der Waals surface area contributed by atoms with E-state index in [2.05, 4.69) is 20.6 Å². The van der Waals surface area contributed by atoms with Crippen molar-refractivity contribution in [3.63, 3.8) is 0 Å². The number of aromatic nitrogens is 3. The van der Waals surface area contributed by atoms with Crippen LogP contribution in [0.25, 0.3) is 11.0 Å². The summed E-state index contributed by atoms with van der Waals surface area (Å²) in [5.41, 5.74) is 1.21. The van der Waals surface area contributed by atoms with E-state index in [4.69, 9.17) is 16.3 Å². The monoisotopic (exact) mass is 581 g/mol. The van der Waals surface area contributed by atoms with Crippen molar-refractivity contribution in [3.05, 3.63) is 71.6 Å². The number of hydrogen-bond acceptors (Lipinski definition) is 7. The fraction of sp³-hybridized carbons (Fsp3) is 0.308. The van der Waals surface area contributed by atoms with Gasteiger partial charge in [-0.1, -0.05) is 17.7 Å². The number of nitrogens with zero attached hydrogens (tertiary/aromatic N) is 3. The van der Waals surface area contributed by atoms with Gasteiger partial charge in [-0.3, -0.25) is 0 Å². The van der Waals surface area contributed by atoms with Gasteiger partial charge in [-0.15, -0.1) is 0 Å². The van der Waals surface area contributed by atoms with E-state index in [0.717, 1.165) is 17.6 Å². The van der Waals surface area contributed by atoms with Gasteiger partial charge in [0.15, 0.2) is 15.7 Å². The predicted octanol–water partition coefficient (Wildman–Crippen LogP) is 6.05. The average Bonchev–Trinajstić information content (AvgIpc) is 3.27. The van der Waals surface area contributed by atoms with Crippen molar-refractivity contribution in [2.45, 2.75) is 31.3 Å². The van der Waals surface area contributed by atoms with Crippen molar-refractivity contribution in [2.75, 3.05) is 24.7 Å². The number of halogens is 4. The molecule has 39 heavy (non-hydrogen) atoms. The number of alkyl halides is 3. The first kappa shape index (κ1) is 28.7.